The Morgan fingerprint density at radius 1 is 1.29 bits per heavy atom. The van der Waals surface area contributed by atoms with E-state index in [0.717, 1.165) is 27.7 Å². The van der Waals surface area contributed by atoms with E-state index >= 15 is 0 Å². The number of aromatic nitrogens is 2. The maximum atomic E-state index is 4.39. The number of hydrogen-bond acceptors (Lipinski definition) is 3. The van der Waals surface area contributed by atoms with Crippen LogP contribution in [0.3, 0.4) is 0 Å². The summed E-state index contributed by atoms with van der Waals surface area (Å²) >= 11 is 3.49. The van der Waals surface area contributed by atoms with Gasteiger partial charge in [0, 0.05) is 23.5 Å². The van der Waals surface area contributed by atoms with E-state index in [1.54, 1.807) is 6.33 Å². The summed E-state index contributed by atoms with van der Waals surface area (Å²) in [5.74, 6) is 1.00. The molecule has 4 heteroatoms. The predicted molar refractivity (Wildman–Crippen MR) is 75.4 cm³/mol. The zero-order valence-corrected chi connectivity index (χ0v) is 11.7. The minimum atomic E-state index is 0.988. The molecule has 0 amide bonds. The zero-order chi connectivity index (χ0) is 12.3. The van der Waals surface area contributed by atoms with Gasteiger partial charge in [0.15, 0.2) is 0 Å². The summed E-state index contributed by atoms with van der Waals surface area (Å²) in [6.45, 7) is 3.22. The molecule has 3 nitrogen and oxygen atoms in total. The van der Waals surface area contributed by atoms with Crippen LogP contribution in [0.1, 0.15) is 19.8 Å². The molecule has 0 aliphatic rings. The molecule has 0 aliphatic carbocycles. The van der Waals surface area contributed by atoms with Gasteiger partial charge in [-0.2, -0.15) is 0 Å². The number of unbranched alkanes of at least 4 members (excludes halogenated alkanes) is 1. The van der Waals surface area contributed by atoms with E-state index in [2.05, 4.69) is 50.8 Å². The first kappa shape index (κ1) is 12.3. The van der Waals surface area contributed by atoms with Gasteiger partial charge in [-0.05, 0) is 24.6 Å². The van der Waals surface area contributed by atoms with Crippen LogP contribution in [0.5, 0.6) is 0 Å². The van der Waals surface area contributed by atoms with Gasteiger partial charge in [0.25, 0.3) is 0 Å². The fourth-order valence-corrected chi connectivity index (χ4v) is 2.18. The Kier molecular flexibility index (Phi) is 3.94. The molecule has 17 heavy (non-hydrogen) atoms. The molecule has 0 radical (unpaired) electrons. The van der Waals surface area contributed by atoms with Crippen molar-refractivity contribution in [1.82, 2.24) is 9.97 Å². The third-order valence-corrected chi connectivity index (χ3v) is 3.28. The summed E-state index contributed by atoms with van der Waals surface area (Å²) in [4.78, 5) is 10.9. The molecule has 2 aromatic rings. The molecule has 1 heterocycles. The van der Waals surface area contributed by atoms with E-state index in [4.69, 9.17) is 0 Å². The fraction of sp³-hybridized carbons (Fsp3) is 0.385. The van der Waals surface area contributed by atoms with Gasteiger partial charge in [-0.15, -0.1) is 0 Å². The molecular weight excluding hydrogens is 278 g/mol. The van der Waals surface area contributed by atoms with Crippen molar-refractivity contribution in [2.75, 3.05) is 18.5 Å². The van der Waals surface area contributed by atoms with E-state index in [-0.39, 0.29) is 0 Å². The van der Waals surface area contributed by atoms with Gasteiger partial charge in [-0.25, -0.2) is 9.97 Å². The number of anilines is 1. The third-order valence-electron chi connectivity index (χ3n) is 2.78. The Bertz CT molecular complexity index is 513. The van der Waals surface area contributed by atoms with Crippen LogP contribution in [0.25, 0.3) is 10.9 Å². The first-order chi connectivity index (χ1) is 8.22. The van der Waals surface area contributed by atoms with E-state index in [0.29, 0.717) is 0 Å². The molecular formula is C13H16BrN3. The molecule has 0 spiro atoms. The summed E-state index contributed by atoms with van der Waals surface area (Å²) in [5, 5.41) is 1.10. The summed E-state index contributed by atoms with van der Waals surface area (Å²) in [6, 6.07) is 6.09. The summed E-state index contributed by atoms with van der Waals surface area (Å²) in [5.41, 5.74) is 0.988. The number of benzene rings is 1. The minimum absolute atomic E-state index is 0.988. The molecule has 0 saturated heterocycles. The highest BCUT2D eigenvalue weighted by Crippen LogP contribution is 2.25. The van der Waals surface area contributed by atoms with Crippen LogP contribution in [0.15, 0.2) is 29.0 Å². The van der Waals surface area contributed by atoms with Crippen LogP contribution in [0.4, 0.5) is 5.82 Å². The highest BCUT2D eigenvalue weighted by molar-refractivity contribution is 9.10. The maximum Gasteiger partial charge on any atom is 0.139 e. The zero-order valence-electron chi connectivity index (χ0n) is 10.2. The quantitative estimate of drug-likeness (QED) is 0.862. The summed E-state index contributed by atoms with van der Waals surface area (Å²) in [7, 11) is 2.08. The highest BCUT2D eigenvalue weighted by Gasteiger charge is 2.08. The fourth-order valence-electron chi connectivity index (χ4n) is 1.82. The molecule has 0 fully saturated rings. The smallest absolute Gasteiger partial charge is 0.139 e. The molecule has 0 unspecified atom stereocenters. The standard InChI is InChI=1S/C13H16BrN3/c1-3-4-7-17(2)13-11-8-10(14)5-6-12(11)15-9-16-13/h5-6,8-9H,3-4,7H2,1-2H3. The minimum Gasteiger partial charge on any atom is -0.359 e. The number of hydrogen-bond donors (Lipinski definition) is 0. The highest BCUT2D eigenvalue weighted by atomic mass is 79.9. The SMILES string of the molecule is CCCCN(C)c1ncnc2ccc(Br)cc12. The molecule has 90 valence electrons. The molecule has 1 aromatic heterocycles. The van der Waals surface area contributed by atoms with Crippen LogP contribution in [0.2, 0.25) is 0 Å². The Morgan fingerprint density at radius 3 is 2.88 bits per heavy atom. The Morgan fingerprint density at radius 2 is 2.12 bits per heavy atom. The molecule has 1 aromatic carbocycles. The monoisotopic (exact) mass is 293 g/mol. The van der Waals surface area contributed by atoms with E-state index in [9.17, 15) is 0 Å². The topological polar surface area (TPSA) is 29.0 Å². The normalized spacial score (nSPS) is 10.8. The second-order valence-electron chi connectivity index (χ2n) is 4.13. The van der Waals surface area contributed by atoms with Crippen LogP contribution < -0.4 is 4.90 Å². The van der Waals surface area contributed by atoms with Gasteiger partial charge < -0.3 is 4.90 Å². The average Bonchev–Trinajstić information content (AvgIpc) is 2.35. The van der Waals surface area contributed by atoms with Gasteiger partial charge in [0.1, 0.15) is 12.1 Å². The number of rotatable bonds is 4. The van der Waals surface area contributed by atoms with Crippen molar-refractivity contribution < 1.29 is 0 Å². The predicted octanol–water partition coefficient (Wildman–Crippen LogP) is 3.63. The van der Waals surface area contributed by atoms with Crippen molar-refractivity contribution in [1.29, 1.82) is 0 Å². The Balaban J connectivity index is 2.42. The van der Waals surface area contributed by atoms with Crippen LogP contribution >= 0.6 is 15.9 Å². The first-order valence-corrected chi connectivity index (χ1v) is 6.63. The van der Waals surface area contributed by atoms with E-state index in [1.807, 2.05) is 12.1 Å². The lowest BCUT2D eigenvalue weighted by atomic mass is 10.2. The lowest BCUT2D eigenvalue weighted by Crippen LogP contribution is -2.19. The molecule has 0 N–H and O–H groups in total. The van der Waals surface area contributed by atoms with Crippen LogP contribution in [-0.4, -0.2) is 23.6 Å². The number of fused-ring (bicyclic) bond motifs is 1. The molecule has 0 saturated carbocycles. The summed E-state index contributed by atoms with van der Waals surface area (Å²) in [6.07, 6.45) is 4.00. The maximum absolute atomic E-state index is 4.39. The molecule has 0 atom stereocenters. The van der Waals surface area contributed by atoms with Gasteiger partial charge in [-0.3, -0.25) is 0 Å². The van der Waals surface area contributed by atoms with Crippen molar-refractivity contribution in [3.05, 3.63) is 29.0 Å². The molecule has 0 aliphatic heterocycles. The van der Waals surface area contributed by atoms with E-state index < -0.39 is 0 Å². The van der Waals surface area contributed by atoms with Crippen molar-refractivity contribution in [2.24, 2.45) is 0 Å². The Hall–Kier alpha value is -1.16. The van der Waals surface area contributed by atoms with Crippen molar-refractivity contribution in [3.63, 3.8) is 0 Å². The largest absolute Gasteiger partial charge is 0.359 e. The lowest BCUT2D eigenvalue weighted by molar-refractivity contribution is 0.761. The Labute approximate surface area is 110 Å². The van der Waals surface area contributed by atoms with Crippen LogP contribution in [-0.2, 0) is 0 Å². The average molecular weight is 294 g/mol. The van der Waals surface area contributed by atoms with Gasteiger partial charge >= 0.3 is 0 Å². The second kappa shape index (κ2) is 5.45. The third kappa shape index (κ3) is 2.75. The number of nitrogens with zero attached hydrogens (tertiary/aromatic N) is 3. The molecule has 0 bridgehead atoms. The lowest BCUT2D eigenvalue weighted by Gasteiger charge is -2.19. The van der Waals surface area contributed by atoms with Gasteiger partial charge in [0.05, 0.1) is 5.52 Å². The van der Waals surface area contributed by atoms with E-state index in [1.165, 1.54) is 12.8 Å². The van der Waals surface area contributed by atoms with Crippen molar-refractivity contribution in [2.45, 2.75) is 19.8 Å². The van der Waals surface area contributed by atoms with Crippen molar-refractivity contribution >= 4 is 32.7 Å². The van der Waals surface area contributed by atoms with Crippen molar-refractivity contribution in [3.8, 4) is 0 Å². The summed E-state index contributed by atoms with van der Waals surface area (Å²) < 4.78 is 1.06. The van der Waals surface area contributed by atoms with Gasteiger partial charge in [0.2, 0.25) is 0 Å². The molecule has 2 rings (SSSR count). The van der Waals surface area contributed by atoms with Crippen LogP contribution in [0, 0.1) is 0 Å². The second-order valence-corrected chi connectivity index (χ2v) is 5.05. The number of halogens is 1. The first-order valence-electron chi connectivity index (χ1n) is 5.83. The van der Waals surface area contributed by atoms with Gasteiger partial charge in [-0.1, -0.05) is 29.3 Å².